The summed E-state index contributed by atoms with van der Waals surface area (Å²) in [5.41, 5.74) is 1.12. The standard InChI is InChI=1S/C18H28N4O2/c1-15-12-19-22(13-15)11-7-18(24)20-9-5-16(6-10-20)14-21-8-3-2-4-17(21)23/h12-13,16H,2-11,14H2,1H3. The molecule has 0 N–H and O–H groups in total. The van der Waals surface area contributed by atoms with E-state index in [1.165, 1.54) is 0 Å². The van der Waals surface area contributed by atoms with Crippen LogP contribution >= 0.6 is 0 Å². The van der Waals surface area contributed by atoms with Crippen LogP contribution in [-0.4, -0.2) is 57.6 Å². The maximum Gasteiger partial charge on any atom is 0.224 e. The van der Waals surface area contributed by atoms with Crippen LogP contribution in [0.15, 0.2) is 12.4 Å². The monoisotopic (exact) mass is 332 g/mol. The normalized spacial score (nSPS) is 19.8. The molecule has 6 nitrogen and oxygen atoms in total. The molecule has 0 bridgehead atoms. The first kappa shape index (κ1) is 17.0. The largest absolute Gasteiger partial charge is 0.343 e. The van der Waals surface area contributed by atoms with E-state index in [4.69, 9.17) is 0 Å². The number of piperidine rings is 2. The fourth-order valence-electron chi connectivity index (χ4n) is 3.69. The van der Waals surface area contributed by atoms with E-state index < -0.39 is 0 Å². The maximum absolute atomic E-state index is 12.3. The molecule has 0 aliphatic carbocycles. The third kappa shape index (κ3) is 4.36. The molecule has 1 aromatic rings. The summed E-state index contributed by atoms with van der Waals surface area (Å²) in [6.45, 7) is 6.10. The molecule has 2 fully saturated rings. The van der Waals surface area contributed by atoms with Crippen LogP contribution in [0.5, 0.6) is 0 Å². The Balaban J connectivity index is 1.39. The SMILES string of the molecule is Cc1cnn(CCC(=O)N2CCC(CN3CCCCC3=O)CC2)c1. The molecule has 3 heterocycles. The molecule has 0 atom stereocenters. The van der Waals surface area contributed by atoms with Crippen molar-refractivity contribution >= 4 is 11.8 Å². The van der Waals surface area contributed by atoms with E-state index in [2.05, 4.69) is 5.10 Å². The molecule has 24 heavy (non-hydrogen) atoms. The lowest BCUT2D eigenvalue weighted by atomic mass is 9.95. The van der Waals surface area contributed by atoms with E-state index >= 15 is 0 Å². The highest BCUT2D eigenvalue weighted by Gasteiger charge is 2.26. The summed E-state index contributed by atoms with van der Waals surface area (Å²) in [6, 6.07) is 0. The van der Waals surface area contributed by atoms with E-state index in [1.807, 2.05) is 33.8 Å². The Morgan fingerprint density at radius 3 is 2.71 bits per heavy atom. The Labute approximate surface area is 143 Å². The molecular weight excluding hydrogens is 304 g/mol. The lowest BCUT2D eigenvalue weighted by molar-refractivity contribution is -0.136. The van der Waals surface area contributed by atoms with Crippen LogP contribution in [0, 0.1) is 12.8 Å². The Morgan fingerprint density at radius 2 is 2.04 bits per heavy atom. The molecule has 0 saturated carbocycles. The molecule has 6 heteroatoms. The predicted octanol–water partition coefficient (Wildman–Crippen LogP) is 1.83. The number of hydrogen-bond donors (Lipinski definition) is 0. The first-order chi connectivity index (χ1) is 11.6. The summed E-state index contributed by atoms with van der Waals surface area (Å²) in [5, 5.41) is 4.23. The van der Waals surface area contributed by atoms with Gasteiger partial charge in [0, 0.05) is 51.8 Å². The summed E-state index contributed by atoms with van der Waals surface area (Å²) in [7, 11) is 0. The number of hydrogen-bond acceptors (Lipinski definition) is 3. The van der Waals surface area contributed by atoms with Gasteiger partial charge in [-0.15, -0.1) is 0 Å². The first-order valence-electron chi connectivity index (χ1n) is 9.16. The zero-order valence-electron chi connectivity index (χ0n) is 14.6. The molecule has 2 aliphatic rings. The van der Waals surface area contributed by atoms with Gasteiger partial charge in [0.05, 0.1) is 6.20 Å². The molecule has 0 unspecified atom stereocenters. The number of amides is 2. The van der Waals surface area contributed by atoms with Gasteiger partial charge in [0.2, 0.25) is 11.8 Å². The number of carbonyl (C=O) groups is 2. The molecule has 0 radical (unpaired) electrons. The average Bonchev–Trinajstić information content (AvgIpc) is 3.01. The summed E-state index contributed by atoms with van der Waals surface area (Å²) in [4.78, 5) is 28.3. The predicted molar refractivity (Wildman–Crippen MR) is 91.3 cm³/mol. The Morgan fingerprint density at radius 1 is 1.25 bits per heavy atom. The van der Waals surface area contributed by atoms with Crippen LogP contribution in [0.25, 0.3) is 0 Å². The zero-order valence-corrected chi connectivity index (χ0v) is 14.6. The lowest BCUT2D eigenvalue weighted by Gasteiger charge is -2.36. The topological polar surface area (TPSA) is 58.4 Å². The van der Waals surface area contributed by atoms with Crippen LogP contribution in [0.4, 0.5) is 0 Å². The van der Waals surface area contributed by atoms with Crippen molar-refractivity contribution < 1.29 is 9.59 Å². The van der Waals surface area contributed by atoms with E-state index in [0.29, 0.717) is 31.2 Å². The van der Waals surface area contributed by atoms with Gasteiger partial charge in [0.15, 0.2) is 0 Å². The quantitative estimate of drug-likeness (QED) is 0.826. The Bertz CT molecular complexity index is 575. The number of likely N-dealkylation sites (tertiary alicyclic amines) is 2. The van der Waals surface area contributed by atoms with E-state index in [9.17, 15) is 9.59 Å². The third-order valence-corrected chi connectivity index (χ3v) is 5.18. The molecule has 2 amide bonds. The van der Waals surface area contributed by atoms with Crippen molar-refractivity contribution in [1.82, 2.24) is 19.6 Å². The Hall–Kier alpha value is -1.85. The van der Waals surface area contributed by atoms with Gasteiger partial charge < -0.3 is 9.80 Å². The average molecular weight is 332 g/mol. The van der Waals surface area contributed by atoms with Gasteiger partial charge >= 0.3 is 0 Å². The fraction of sp³-hybridized carbons (Fsp3) is 0.722. The molecule has 2 aliphatic heterocycles. The highest BCUT2D eigenvalue weighted by molar-refractivity contribution is 5.77. The van der Waals surface area contributed by atoms with Gasteiger partial charge in [0.25, 0.3) is 0 Å². The summed E-state index contributed by atoms with van der Waals surface area (Å²) in [5.74, 6) is 1.08. The van der Waals surface area contributed by atoms with Crippen molar-refractivity contribution in [1.29, 1.82) is 0 Å². The minimum absolute atomic E-state index is 0.218. The molecule has 2 saturated heterocycles. The molecule has 132 valence electrons. The van der Waals surface area contributed by atoms with Crippen molar-refractivity contribution in [3.8, 4) is 0 Å². The molecule has 0 spiro atoms. The summed E-state index contributed by atoms with van der Waals surface area (Å²) < 4.78 is 1.84. The molecule has 1 aromatic heterocycles. The smallest absolute Gasteiger partial charge is 0.224 e. The van der Waals surface area contributed by atoms with Crippen LogP contribution in [0.1, 0.15) is 44.1 Å². The van der Waals surface area contributed by atoms with Crippen LogP contribution in [0.2, 0.25) is 0 Å². The molecular formula is C18H28N4O2. The Kier molecular flexibility index (Phi) is 5.53. The van der Waals surface area contributed by atoms with Crippen molar-refractivity contribution in [3.05, 3.63) is 18.0 Å². The molecule has 0 aromatic carbocycles. The number of rotatable bonds is 5. The van der Waals surface area contributed by atoms with Gasteiger partial charge in [-0.25, -0.2) is 0 Å². The minimum Gasteiger partial charge on any atom is -0.343 e. The third-order valence-electron chi connectivity index (χ3n) is 5.18. The highest BCUT2D eigenvalue weighted by atomic mass is 16.2. The highest BCUT2D eigenvalue weighted by Crippen LogP contribution is 2.21. The van der Waals surface area contributed by atoms with Crippen molar-refractivity contribution in [2.45, 2.75) is 52.0 Å². The van der Waals surface area contributed by atoms with Crippen LogP contribution < -0.4 is 0 Å². The first-order valence-corrected chi connectivity index (χ1v) is 9.16. The van der Waals surface area contributed by atoms with Crippen molar-refractivity contribution in [2.75, 3.05) is 26.2 Å². The number of aromatic nitrogens is 2. The van der Waals surface area contributed by atoms with Gasteiger partial charge in [-0.1, -0.05) is 0 Å². The second kappa shape index (κ2) is 7.81. The number of nitrogens with zero attached hydrogens (tertiary/aromatic N) is 4. The minimum atomic E-state index is 0.218. The van der Waals surface area contributed by atoms with Crippen LogP contribution in [0.3, 0.4) is 0 Å². The summed E-state index contributed by atoms with van der Waals surface area (Å²) >= 11 is 0. The van der Waals surface area contributed by atoms with Gasteiger partial charge in [-0.3, -0.25) is 14.3 Å². The van der Waals surface area contributed by atoms with E-state index in [1.54, 1.807) is 0 Å². The summed E-state index contributed by atoms with van der Waals surface area (Å²) in [6.07, 6.45) is 9.20. The number of carbonyl (C=O) groups excluding carboxylic acids is 2. The van der Waals surface area contributed by atoms with Crippen LogP contribution in [-0.2, 0) is 16.1 Å². The number of aryl methyl sites for hydroxylation is 2. The fourth-order valence-corrected chi connectivity index (χ4v) is 3.69. The van der Waals surface area contributed by atoms with Crippen molar-refractivity contribution in [3.63, 3.8) is 0 Å². The van der Waals surface area contributed by atoms with Crippen molar-refractivity contribution in [2.24, 2.45) is 5.92 Å². The zero-order chi connectivity index (χ0) is 16.9. The maximum atomic E-state index is 12.3. The van der Waals surface area contributed by atoms with Gasteiger partial charge in [-0.2, -0.15) is 5.10 Å². The second-order valence-corrected chi connectivity index (χ2v) is 7.15. The second-order valence-electron chi connectivity index (χ2n) is 7.15. The molecule has 3 rings (SSSR count). The van der Waals surface area contributed by atoms with Gasteiger partial charge in [-0.05, 0) is 44.1 Å². The lowest BCUT2D eigenvalue weighted by Crippen LogP contribution is -2.44. The van der Waals surface area contributed by atoms with E-state index in [0.717, 1.165) is 57.4 Å². The van der Waals surface area contributed by atoms with E-state index in [-0.39, 0.29) is 5.91 Å². The van der Waals surface area contributed by atoms with Gasteiger partial charge in [0.1, 0.15) is 0 Å².